The smallest absolute Gasteiger partial charge is 0.122 e. The Bertz CT molecular complexity index is 378. The van der Waals surface area contributed by atoms with Crippen LogP contribution in [0.2, 0.25) is 5.02 Å². The summed E-state index contributed by atoms with van der Waals surface area (Å²) in [6.45, 7) is 3.03. The average Bonchev–Trinajstić information content (AvgIpc) is 2.58. The van der Waals surface area contributed by atoms with Gasteiger partial charge in [0, 0.05) is 29.7 Å². The van der Waals surface area contributed by atoms with E-state index in [0.717, 1.165) is 24.3 Å². The number of halogens is 1. The Morgan fingerprint density at radius 3 is 3.07 bits per heavy atom. The summed E-state index contributed by atoms with van der Waals surface area (Å²) in [5, 5.41) is 0.819. The summed E-state index contributed by atoms with van der Waals surface area (Å²) in [6.07, 6.45) is 2.47. The van der Waals surface area contributed by atoms with Crippen molar-refractivity contribution in [3.05, 3.63) is 28.8 Å². The zero-order valence-electron chi connectivity index (χ0n) is 8.74. The largest absolute Gasteiger partial charge is 0.368 e. The van der Waals surface area contributed by atoms with E-state index in [2.05, 4.69) is 17.9 Å². The van der Waals surface area contributed by atoms with E-state index in [1.165, 1.54) is 11.3 Å². The summed E-state index contributed by atoms with van der Waals surface area (Å²) in [6, 6.07) is 6.25. The Labute approximate surface area is 94.8 Å². The van der Waals surface area contributed by atoms with Crippen molar-refractivity contribution in [1.82, 2.24) is 0 Å². The van der Waals surface area contributed by atoms with E-state index in [1.807, 2.05) is 12.1 Å². The molecule has 1 aromatic rings. The predicted molar refractivity (Wildman–Crippen MR) is 62.6 cm³/mol. The van der Waals surface area contributed by atoms with Crippen LogP contribution >= 0.6 is 11.6 Å². The number of anilines is 1. The summed E-state index contributed by atoms with van der Waals surface area (Å²) in [5.41, 5.74) is 2.38. The first-order valence-corrected chi connectivity index (χ1v) is 5.63. The molecule has 0 radical (unpaired) electrons. The monoisotopic (exact) mass is 223 g/mol. The number of rotatable bonds is 3. The van der Waals surface area contributed by atoms with E-state index in [9.17, 15) is 4.79 Å². The fourth-order valence-electron chi connectivity index (χ4n) is 2.31. The normalized spacial score (nSPS) is 19.1. The zero-order valence-corrected chi connectivity index (χ0v) is 9.50. The van der Waals surface area contributed by atoms with Gasteiger partial charge < -0.3 is 9.69 Å². The van der Waals surface area contributed by atoms with Crippen molar-refractivity contribution in [2.24, 2.45) is 0 Å². The molecule has 15 heavy (non-hydrogen) atoms. The molecule has 0 spiro atoms. The van der Waals surface area contributed by atoms with Crippen molar-refractivity contribution in [3.63, 3.8) is 0 Å². The molecule has 3 heteroatoms. The summed E-state index contributed by atoms with van der Waals surface area (Å²) in [5.74, 6) is 0. The number of likely N-dealkylation sites (N-methyl/N-ethyl adjacent to an activating group) is 1. The van der Waals surface area contributed by atoms with Gasteiger partial charge in [-0.15, -0.1) is 0 Å². The van der Waals surface area contributed by atoms with E-state index >= 15 is 0 Å². The first-order chi connectivity index (χ1) is 7.27. The lowest BCUT2D eigenvalue weighted by Crippen LogP contribution is -2.31. The van der Waals surface area contributed by atoms with Crippen molar-refractivity contribution in [1.29, 1.82) is 0 Å². The summed E-state index contributed by atoms with van der Waals surface area (Å²) >= 11 is 6.14. The highest BCUT2D eigenvalue weighted by molar-refractivity contribution is 6.31. The predicted octanol–water partition coefficient (Wildman–Crippen LogP) is 2.68. The van der Waals surface area contributed by atoms with Crippen LogP contribution < -0.4 is 4.90 Å². The minimum atomic E-state index is 0.294. The molecule has 1 aliphatic rings. The fraction of sp³-hybridized carbons (Fsp3) is 0.417. The Morgan fingerprint density at radius 1 is 1.60 bits per heavy atom. The maximum atomic E-state index is 10.6. The summed E-state index contributed by atoms with van der Waals surface area (Å²) < 4.78 is 0. The molecule has 2 nitrogen and oxygen atoms in total. The number of hydrogen-bond donors (Lipinski definition) is 0. The van der Waals surface area contributed by atoms with Crippen molar-refractivity contribution >= 4 is 23.6 Å². The Hall–Kier alpha value is -1.02. The second-order valence-electron chi connectivity index (χ2n) is 3.78. The lowest BCUT2D eigenvalue weighted by Gasteiger charge is -2.24. The number of carbonyl (C=O) groups excluding carboxylic acids is 1. The van der Waals surface area contributed by atoms with Crippen LogP contribution in [-0.4, -0.2) is 18.9 Å². The van der Waals surface area contributed by atoms with Gasteiger partial charge in [0.15, 0.2) is 0 Å². The molecule has 1 aliphatic heterocycles. The van der Waals surface area contributed by atoms with E-state index < -0.39 is 0 Å². The van der Waals surface area contributed by atoms with Gasteiger partial charge >= 0.3 is 0 Å². The highest BCUT2D eigenvalue weighted by Crippen LogP contribution is 2.37. The van der Waals surface area contributed by atoms with Gasteiger partial charge in [-0.3, -0.25) is 0 Å². The van der Waals surface area contributed by atoms with Gasteiger partial charge in [-0.25, -0.2) is 0 Å². The SMILES string of the molecule is CCN1c2cccc(Cl)c2CC1CC=O. The topological polar surface area (TPSA) is 20.3 Å². The quantitative estimate of drug-likeness (QED) is 0.735. The molecule has 0 fully saturated rings. The van der Waals surface area contributed by atoms with Gasteiger partial charge in [-0.1, -0.05) is 17.7 Å². The highest BCUT2D eigenvalue weighted by atomic mass is 35.5. The van der Waals surface area contributed by atoms with E-state index in [-0.39, 0.29) is 0 Å². The first kappa shape index (κ1) is 10.5. The number of aldehydes is 1. The van der Waals surface area contributed by atoms with Gasteiger partial charge in [0.2, 0.25) is 0 Å². The van der Waals surface area contributed by atoms with Crippen LogP contribution in [0.25, 0.3) is 0 Å². The molecule has 1 aromatic carbocycles. The molecular formula is C12H14ClNO. The maximum Gasteiger partial charge on any atom is 0.122 e. The van der Waals surface area contributed by atoms with Gasteiger partial charge in [-0.05, 0) is 31.0 Å². The molecule has 0 saturated carbocycles. The van der Waals surface area contributed by atoms with Crippen LogP contribution in [0, 0.1) is 0 Å². The minimum Gasteiger partial charge on any atom is -0.368 e. The van der Waals surface area contributed by atoms with Crippen molar-refractivity contribution < 1.29 is 4.79 Å². The summed E-state index contributed by atoms with van der Waals surface area (Å²) in [7, 11) is 0. The Morgan fingerprint density at radius 2 is 2.40 bits per heavy atom. The summed E-state index contributed by atoms with van der Waals surface area (Å²) in [4.78, 5) is 12.9. The fourth-order valence-corrected chi connectivity index (χ4v) is 2.56. The number of hydrogen-bond acceptors (Lipinski definition) is 2. The number of benzene rings is 1. The molecular weight excluding hydrogens is 210 g/mol. The molecule has 1 unspecified atom stereocenters. The van der Waals surface area contributed by atoms with Gasteiger partial charge in [-0.2, -0.15) is 0 Å². The molecule has 0 aliphatic carbocycles. The van der Waals surface area contributed by atoms with Crippen LogP contribution in [-0.2, 0) is 11.2 Å². The number of fused-ring (bicyclic) bond motifs is 1. The van der Waals surface area contributed by atoms with Crippen LogP contribution in [0.1, 0.15) is 18.9 Å². The number of nitrogens with zero attached hydrogens (tertiary/aromatic N) is 1. The zero-order chi connectivity index (χ0) is 10.8. The minimum absolute atomic E-state index is 0.294. The van der Waals surface area contributed by atoms with E-state index in [4.69, 9.17) is 11.6 Å². The number of carbonyl (C=O) groups is 1. The van der Waals surface area contributed by atoms with Crippen LogP contribution in [0.4, 0.5) is 5.69 Å². The molecule has 0 amide bonds. The highest BCUT2D eigenvalue weighted by Gasteiger charge is 2.28. The van der Waals surface area contributed by atoms with Crippen molar-refractivity contribution in [2.75, 3.05) is 11.4 Å². The lowest BCUT2D eigenvalue weighted by molar-refractivity contribution is -0.108. The van der Waals surface area contributed by atoms with Crippen molar-refractivity contribution in [2.45, 2.75) is 25.8 Å². The maximum absolute atomic E-state index is 10.6. The third kappa shape index (κ3) is 1.74. The molecule has 1 heterocycles. The molecule has 1 atom stereocenters. The molecule has 0 N–H and O–H groups in total. The molecule has 0 saturated heterocycles. The van der Waals surface area contributed by atoms with Gasteiger partial charge in [0.25, 0.3) is 0 Å². The Kier molecular flexibility index (Phi) is 2.96. The second-order valence-corrected chi connectivity index (χ2v) is 4.19. The Balaban J connectivity index is 2.36. The molecule has 80 valence electrons. The third-order valence-electron chi connectivity index (χ3n) is 2.99. The third-order valence-corrected chi connectivity index (χ3v) is 3.35. The standard InChI is InChI=1S/C12H14ClNO/c1-2-14-9(6-7-15)8-10-11(13)4-3-5-12(10)14/h3-5,7,9H,2,6,8H2,1H3. The molecule has 2 rings (SSSR count). The van der Waals surface area contributed by atoms with E-state index in [1.54, 1.807) is 0 Å². The van der Waals surface area contributed by atoms with Crippen LogP contribution in [0.15, 0.2) is 18.2 Å². The first-order valence-electron chi connectivity index (χ1n) is 5.25. The second kappa shape index (κ2) is 4.23. The van der Waals surface area contributed by atoms with Crippen LogP contribution in [0.3, 0.4) is 0 Å². The van der Waals surface area contributed by atoms with E-state index in [0.29, 0.717) is 12.5 Å². The lowest BCUT2D eigenvalue weighted by atomic mass is 10.1. The average molecular weight is 224 g/mol. The van der Waals surface area contributed by atoms with Crippen LogP contribution in [0.5, 0.6) is 0 Å². The van der Waals surface area contributed by atoms with Crippen molar-refractivity contribution in [3.8, 4) is 0 Å². The van der Waals surface area contributed by atoms with Gasteiger partial charge in [0.05, 0.1) is 0 Å². The molecule has 0 bridgehead atoms. The molecule has 0 aromatic heterocycles. The van der Waals surface area contributed by atoms with Gasteiger partial charge in [0.1, 0.15) is 6.29 Å².